The first-order valence-corrected chi connectivity index (χ1v) is 9.55. The van der Waals surface area contributed by atoms with Gasteiger partial charge >= 0.3 is 0 Å². The third-order valence-corrected chi connectivity index (χ3v) is 8.01. The first kappa shape index (κ1) is 16.2. The predicted octanol–water partition coefficient (Wildman–Crippen LogP) is 4.49. The van der Waals surface area contributed by atoms with Crippen LogP contribution in [0.15, 0.2) is 23.0 Å². The van der Waals surface area contributed by atoms with Crippen molar-refractivity contribution in [2.45, 2.75) is 70.3 Å². The summed E-state index contributed by atoms with van der Waals surface area (Å²) in [6.45, 7) is 2.27. The molecule has 130 valence electrons. The molecular weight excluding hydrogens is 298 g/mol. The average molecular weight is 327 g/mol. The summed E-state index contributed by atoms with van der Waals surface area (Å²) in [7, 11) is 1.78. The summed E-state index contributed by atoms with van der Waals surface area (Å²) < 4.78 is 5.48. The van der Waals surface area contributed by atoms with Crippen LogP contribution in [0.2, 0.25) is 0 Å². The maximum atomic E-state index is 11.2. The van der Waals surface area contributed by atoms with Gasteiger partial charge in [0.25, 0.3) is 0 Å². The number of hydrogen-bond donors (Lipinski definition) is 1. The van der Waals surface area contributed by atoms with Gasteiger partial charge in [0.05, 0.1) is 31.0 Å². The second-order valence-electron chi connectivity index (χ2n) is 8.66. The minimum absolute atomic E-state index is 0.0653. The van der Waals surface area contributed by atoms with Crippen molar-refractivity contribution >= 4 is 0 Å². The van der Waals surface area contributed by atoms with E-state index in [-0.39, 0.29) is 5.41 Å². The molecular formula is C21H29NO2. The molecule has 4 rings (SSSR count). The predicted molar refractivity (Wildman–Crippen MR) is 92.8 cm³/mol. The van der Waals surface area contributed by atoms with Crippen LogP contribution in [0.25, 0.3) is 0 Å². The number of fused-ring (bicyclic) bond motifs is 4. The monoisotopic (exact) mass is 327 g/mol. The first-order valence-electron chi connectivity index (χ1n) is 9.55. The van der Waals surface area contributed by atoms with Crippen LogP contribution >= 0.6 is 0 Å². The Morgan fingerprint density at radius 2 is 2.17 bits per heavy atom. The van der Waals surface area contributed by atoms with Gasteiger partial charge in [0.2, 0.25) is 0 Å². The number of ether oxygens (including phenoxy) is 1. The molecule has 0 saturated heterocycles. The van der Waals surface area contributed by atoms with Crippen LogP contribution in [-0.4, -0.2) is 17.8 Å². The Balaban J connectivity index is 1.61. The van der Waals surface area contributed by atoms with Gasteiger partial charge in [-0.3, -0.25) is 0 Å². The molecule has 4 aliphatic carbocycles. The summed E-state index contributed by atoms with van der Waals surface area (Å²) in [5, 5.41) is 20.4. The third kappa shape index (κ3) is 2.12. The summed E-state index contributed by atoms with van der Waals surface area (Å²) in [6, 6.07) is 2.26. The van der Waals surface area contributed by atoms with Crippen molar-refractivity contribution in [1.82, 2.24) is 0 Å². The zero-order valence-corrected chi connectivity index (χ0v) is 15.0. The van der Waals surface area contributed by atoms with Crippen molar-refractivity contribution in [3.63, 3.8) is 0 Å². The topological polar surface area (TPSA) is 53.2 Å². The molecule has 0 aromatic carbocycles. The van der Waals surface area contributed by atoms with Crippen LogP contribution in [0.3, 0.4) is 0 Å². The number of nitriles is 1. The summed E-state index contributed by atoms with van der Waals surface area (Å²) in [5.74, 6) is 3.12. The van der Waals surface area contributed by atoms with Crippen LogP contribution in [0.5, 0.6) is 0 Å². The molecule has 3 nitrogen and oxygen atoms in total. The van der Waals surface area contributed by atoms with Crippen molar-refractivity contribution in [1.29, 1.82) is 5.26 Å². The van der Waals surface area contributed by atoms with E-state index in [0.717, 1.165) is 37.9 Å². The van der Waals surface area contributed by atoms with E-state index in [1.54, 1.807) is 18.3 Å². The maximum absolute atomic E-state index is 11.2. The van der Waals surface area contributed by atoms with Crippen LogP contribution < -0.4 is 0 Å². The molecule has 24 heavy (non-hydrogen) atoms. The fourth-order valence-corrected chi connectivity index (χ4v) is 6.58. The highest BCUT2D eigenvalue weighted by Crippen LogP contribution is 2.64. The zero-order chi connectivity index (χ0) is 16.9. The number of methoxy groups -OCH3 is 1. The minimum atomic E-state index is -0.762. The Kier molecular flexibility index (Phi) is 3.80. The molecule has 4 aliphatic rings. The van der Waals surface area contributed by atoms with Crippen LogP contribution in [0.4, 0.5) is 0 Å². The van der Waals surface area contributed by atoms with Gasteiger partial charge in [0.15, 0.2) is 0 Å². The first-order chi connectivity index (χ1) is 11.5. The molecule has 0 amide bonds. The Hall–Kier alpha value is -1.27. The lowest BCUT2D eigenvalue weighted by molar-refractivity contribution is -0.104. The highest BCUT2D eigenvalue weighted by molar-refractivity contribution is 5.33. The number of allylic oxidation sites excluding steroid dienone is 3. The van der Waals surface area contributed by atoms with Gasteiger partial charge in [-0.1, -0.05) is 18.1 Å². The summed E-state index contributed by atoms with van der Waals surface area (Å²) in [6.07, 6.45) is 11.2. The van der Waals surface area contributed by atoms with Crippen LogP contribution in [-0.2, 0) is 4.74 Å². The van der Waals surface area contributed by atoms with Gasteiger partial charge in [-0.25, -0.2) is 0 Å². The van der Waals surface area contributed by atoms with E-state index in [2.05, 4.69) is 19.1 Å². The molecule has 2 fully saturated rings. The molecule has 3 heteroatoms. The van der Waals surface area contributed by atoms with E-state index in [9.17, 15) is 10.4 Å². The van der Waals surface area contributed by atoms with E-state index in [4.69, 9.17) is 4.74 Å². The number of hydrogen-bond acceptors (Lipinski definition) is 3. The maximum Gasteiger partial charge on any atom is 0.0959 e. The van der Waals surface area contributed by atoms with Crippen molar-refractivity contribution in [3.8, 4) is 6.07 Å². The van der Waals surface area contributed by atoms with Gasteiger partial charge in [0, 0.05) is 11.8 Å². The zero-order valence-electron chi connectivity index (χ0n) is 15.0. The molecule has 2 saturated carbocycles. The molecule has 0 bridgehead atoms. The van der Waals surface area contributed by atoms with Gasteiger partial charge in [-0.2, -0.15) is 5.26 Å². The van der Waals surface area contributed by atoms with E-state index in [0.29, 0.717) is 24.2 Å². The van der Waals surface area contributed by atoms with Gasteiger partial charge in [0.1, 0.15) is 0 Å². The Labute approximate surface area is 145 Å². The SMILES string of the molecule is COC1=CCC2=C(CCC3C2CC[C@@]2(C)C3CC[C@@]2(O)CC#N)C1. The molecule has 0 aromatic heterocycles. The quantitative estimate of drug-likeness (QED) is 0.760. The Morgan fingerprint density at radius 1 is 1.33 bits per heavy atom. The fraction of sp³-hybridized carbons (Fsp3) is 0.762. The van der Waals surface area contributed by atoms with E-state index < -0.39 is 5.60 Å². The second kappa shape index (κ2) is 5.63. The number of aliphatic hydroxyl groups is 1. The molecule has 3 unspecified atom stereocenters. The molecule has 0 spiro atoms. The standard InChI is InChI=1S/C21H29NO2/c1-20-9-7-17-16-6-4-15(24-2)13-14(16)3-5-18(17)19(20)8-10-21(20,23)11-12-22/h4,17-19,23H,3,5-11,13H2,1-2H3/t17?,18?,19?,20-,21+/m0/s1. The van der Waals surface area contributed by atoms with Crippen molar-refractivity contribution in [2.24, 2.45) is 23.2 Å². The molecule has 5 atom stereocenters. The molecule has 0 aliphatic heterocycles. The lowest BCUT2D eigenvalue weighted by atomic mass is 9.52. The van der Waals surface area contributed by atoms with Crippen molar-refractivity contribution in [3.05, 3.63) is 23.0 Å². The second-order valence-corrected chi connectivity index (χ2v) is 8.66. The minimum Gasteiger partial charge on any atom is -0.501 e. The summed E-state index contributed by atoms with van der Waals surface area (Å²) >= 11 is 0. The van der Waals surface area contributed by atoms with E-state index in [1.165, 1.54) is 19.3 Å². The highest BCUT2D eigenvalue weighted by atomic mass is 16.5. The van der Waals surface area contributed by atoms with E-state index >= 15 is 0 Å². The number of rotatable bonds is 2. The highest BCUT2D eigenvalue weighted by Gasteiger charge is 2.61. The third-order valence-electron chi connectivity index (χ3n) is 8.01. The molecule has 0 heterocycles. The molecule has 0 aromatic rings. The van der Waals surface area contributed by atoms with Gasteiger partial charge in [-0.05, 0) is 68.8 Å². The van der Waals surface area contributed by atoms with E-state index in [1.807, 2.05) is 0 Å². The molecule has 1 N–H and O–H groups in total. The lowest BCUT2D eigenvalue weighted by Gasteiger charge is -2.53. The van der Waals surface area contributed by atoms with Gasteiger partial charge in [-0.15, -0.1) is 0 Å². The van der Waals surface area contributed by atoms with Crippen LogP contribution in [0.1, 0.15) is 64.7 Å². The molecule has 0 radical (unpaired) electrons. The summed E-state index contributed by atoms with van der Waals surface area (Å²) in [4.78, 5) is 0. The normalized spacial score (nSPS) is 44.1. The Bertz CT molecular complexity index is 643. The largest absolute Gasteiger partial charge is 0.501 e. The lowest BCUT2D eigenvalue weighted by Crippen LogP contribution is -2.51. The summed E-state index contributed by atoms with van der Waals surface area (Å²) in [5.41, 5.74) is 2.49. The van der Waals surface area contributed by atoms with Gasteiger partial charge < -0.3 is 9.84 Å². The van der Waals surface area contributed by atoms with Crippen molar-refractivity contribution < 1.29 is 9.84 Å². The Morgan fingerprint density at radius 3 is 2.92 bits per heavy atom. The smallest absolute Gasteiger partial charge is 0.0959 e. The fourth-order valence-electron chi connectivity index (χ4n) is 6.58. The number of nitrogens with zero attached hydrogens (tertiary/aromatic N) is 1. The van der Waals surface area contributed by atoms with Crippen molar-refractivity contribution in [2.75, 3.05) is 7.11 Å². The average Bonchev–Trinajstić information content (AvgIpc) is 2.86. The van der Waals surface area contributed by atoms with Crippen LogP contribution in [0, 0.1) is 34.5 Å².